The molecule has 0 saturated carbocycles. The van der Waals surface area contributed by atoms with Crippen LogP contribution in [0.2, 0.25) is 0 Å². The van der Waals surface area contributed by atoms with E-state index in [0.29, 0.717) is 0 Å². The number of thiophene rings is 1. The molecule has 0 amide bonds. The average molecular weight is 308 g/mol. The predicted molar refractivity (Wildman–Crippen MR) is 74.1 cm³/mol. The number of hydrogen-bond donors (Lipinski definition) is 1. The highest BCUT2D eigenvalue weighted by atomic mass is 79.9. The topological polar surface area (TPSA) is 29.1 Å². The summed E-state index contributed by atoms with van der Waals surface area (Å²) in [7, 11) is 0. The summed E-state index contributed by atoms with van der Waals surface area (Å²) < 4.78 is 0.881. The fourth-order valence-electron chi connectivity index (χ4n) is 2.03. The van der Waals surface area contributed by atoms with Crippen molar-refractivity contribution in [2.75, 3.05) is 11.9 Å². The van der Waals surface area contributed by atoms with Crippen molar-refractivity contribution < 1.29 is 4.79 Å². The van der Waals surface area contributed by atoms with Gasteiger partial charge in [-0.15, -0.1) is 11.3 Å². The third kappa shape index (κ3) is 1.91. The molecule has 1 aliphatic heterocycles. The molecule has 1 aromatic heterocycles. The molecule has 4 heteroatoms. The maximum atomic E-state index is 12.3. The minimum Gasteiger partial charge on any atom is -0.384 e. The lowest BCUT2D eigenvalue weighted by atomic mass is 10.0. The van der Waals surface area contributed by atoms with Crippen LogP contribution in [-0.4, -0.2) is 12.3 Å². The van der Waals surface area contributed by atoms with Gasteiger partial charge in [0.2, 0.25) is 5.78 Å². The summed E-state index contributed by atoms with van der Waals surface area (Å²) in [4.78, 5) is 13.1. The molecule has 0 unspecified atom stereocenters. The van der Waals surface area contributed by atoms with Crippen molar-refractivity contribution in [3.8, 4) is 0 Å². The van der Waals surface area contributed by atoms with Crippen molar-refractivity contribution in [1.82, 2.24) is 0 Å². The Morgan fingerprint density at radius 1 is 1.35 bits per heavy atom. The molecule has 1 N–H and O–H groups in total. The number of carbonyl (C=O) groups is 1. The molecule has 0 bridgehead atoms. The summed E-state index contributed by atoms with van der Waals surface area (Å²) in [5.74, 6) is 0.0987. The molecule has 17 heavy (non-hydrogen) atoms. The van der Waals surface area contributed by atoms with Gasteiger partial charge in [0.15, 0.2) is 0 Å². The van der Waals surface area contributed by atoms with E-state index in [4.69, 9.17) is 0 Å². The van der Waals surface area contributed by atoms with Crippen LogP contribution in [0.1, 0.15) is 20.8 Å². The maximum absolute atomic E-state index is 12.3. The van der Waals surface area contributed by atoms with Gasteiger partial charge in [0.05, 0.1) is 4.88 Å². The van der Waals surface area contributed by atoms with E-state index in [-0.39, 0.29) is 5.78 Å². The van der Waals surface area contributed by atoms with E-state index in [1.165, 1.54) is 16.9 Å². The predicted octanol–water partition coefficient (Wildman–Crippen LogP) is 3.71. The summed E-state index contributed by atoms with van der Waals surface area (Å²) in [6, 6.07) is 7.80. The number of rotatable bonds is 2. The normalized spacial score (nSPS) is 13.2. The van der Waals surface area contributed by atoms with Crippen molar-refractivity contribution in [2.24, 2.45) is 0 Å². The third-order valence-electron chi connectivity index (χ3n) is 2.90. The summed E-state index contributed by atoms with van der Waals surface area (Å²) in [6.45, 7) is 0.968. The SMILES string of the molecule is O=C(c1ccc2c(c1)CCN2)c1sccc1Br. The number of nitrogens with one attached hydrogen (secondary N) is 1. The fraction of sp³-hybridized carbons (Fsp3) is 0.154. The lowest BCUT2D eigenvalue weighted by molar-refractivity contribution is 0.104. The highest BCUT2D eigenvalue weighted by molar-refractivity contribution is 9.10. The minimum absolute atomic E-state index is 0.0987. The van der Waals surface area contributed by atoms with Crippen molar-refractivity contribution in [1.29, 1.82) is 0 Å². The molecule has 1 aliphatic rings. The molecule has 0 fully saturated rings. The lowest BCUT2D eigenvalue weighted by Gasteiger charge is -2.03. The van der Waals surface area contributed by atoms with Crippen LogP contribution in [0.25, 0.3) is 0 Å². The first kappa shape index (κ1) is 11.0. The lowest BCUT2D eigenvalue weighted by Crippen LogP contribution is -2.00. The third-order valence-corrected chi connectivity index (χ3v) is 4.74. The largest absolute Gasteiger partial charge is 0.384 e. The van der Waals surface area contributed by atoms with Gasteiger partial charge in [-0.25, -0.2) is 0 Å². The van der Waals surface area contributed by atoms with E-state index in [1.54, 1.807) is 0 Å². The van der Waals surface area contributed by atoms with Crippen LogP contribution < -0.4 is 5.32 Å². The Kier molecular flexibility index (Phi) is 2.76. The second-order valence-corrected chi connectivity index (χ2v) is 5.75. The van der Waals surface area contributed by atoms with Gasteiger partial charge < -0.3 is 5.32 Å². The molecule has 2 aromatic rings. The fourth-order valence-corrected chi connectivity index (χ4v) is 3.55. The molecule has 0 saturated heterocycles. The standard InChI is InChI=1S/C13H10BrNOS/c14-10-4-6-17-13(10)12(16)9-1-2-11-8(7-9)3-5-15-11/h1-2,4,6-7,15H,3,5H2. The van der Waals surface area contributed by atoms with E-state index in [1.807, 2.05) is 29.6 Å². The number of ketones is 1. The van der Waals surface area contributed by atoms with Crippen LogP contribution in [0, 0.1) is 0 Å². The highest BCUT2D eigenvalue weighted by Crippen LogP contribution is 2.28. The van der Waals surface area contributed by atoms with Gasteiger partial charge in [0, 0.05) is 22.3 Å². The van der Waals surface area contributed by atoms with E-state index in [9.17, 15) is 4.79 Å². The minimum atomic E-state index is 0.0987. The Hall–Kier alpha value is -1.13. The molecular formula is C13H10BrNOS. The Morgan fingerprint density at radius 2 is 2.24 bits per heavy atom. The highest BCUT2D eigenvalue weighted by Gasteiger charge is 2.17. The van der Waals surface area contributed by atoms with E-state index in [2.05, 4.69) is 21.2 Å². The molecule has 2 nitrogen and oxygen atoms in total. The van der Waals surface area contributed by atoms with Gasteiger partial charge in [0.25, 0.3) is 0 Å². The number of carbonyl (C=O) groups excluding carboxylic acids is 1. The number of hydrogen-bond acceptors (Lipinski definition) is 3. The Morgan fingerprint density at radius 3 is 3.00 bits per heavy atom. The average Bonchev–Trinajstić information content (AvgIpc) is 2.95. The van der Waals surface area contributed by atoms with Crippen LogP contribution in [-0.2, 0) is 6.42 Å². The Bertz CT molecular complexity index is 591. The molecular weight excluding hydrogens is 298 g/mol. The summed E-state index contributed by atoms with van der Waals surface area (Å²) >= 11 is 4.88. The number of anilines is 1. The molecule has 1 aromatic carbocycles. The molecule has 0 radical (unpaired) electrons. The smallest absolute Gasteiger partial charge is 0.204 e. The molecule has 0 spiro atoms. The van der Waals surface area contributed by atoms with Gasteiger partial charge in [-0.2, -0.15) is 0 Å². The number of benzene rings is 1. The molecule has 3 rings (SSSR count). The first-order chi connectivity index (χ1) is 8.25. The Labute approximate surface area is 112 Å². The van der Waals surface area contributed by atoms with E-state index in [0.717, 1.165) is 33.6 Å². The summed E-state index contributed by atoms with van der Waals surface area (Å²) in [6.07, 6.45) is 1.00. The van der Waals surface area contributed by atoms with Gasteiger partial charge in [-0.1, -0.05) is 0 Å². The maximum Gasteiger partial charge on any atom is 0.204 e. The van der Waals surface area contributed by atoms with E-state index >= 15 is 0 Å². The van der Waals surface area contributed by atoms with Gasteiger partial charge in [-0.05, 0) is 57.6 Å². The van der Waals surface area contributed by atoms with Crippen molar-refractivity contribution in [3.63, 3.8) is 0 Å². The van der Waals surface area contributed by atoms with Crippen LogP contribution in [0.5, 0.6) is 0 Å². The molecule has 0 aliphatic carbocycles. The van der Waals surface area contributed by atoms with Gasteiger partial charge in [0.1, 0.15) is 0 Å². The quantitative estimate of drug-likeness (QED) is 0.857. The van der Waals surface area contributed by atoms with E-state index < -0.39 is 0 Å². The zero-order valence-corrected chi connectivity index (χ0v) is 11.4. The van der Waals surface area contributed by atoms with Crippen LogP contribution >= 0.6 is 27.3 Å². The molecule has 2 heterocycles. The monoisotopic (exact) mass is 307 g/mol. The molecule has 0 atom stereocenters. The molecule has 86 valence electrons. The zero-order valence-electron chi connectivity index (χ0n) is 9.00. The summed E-state index contributed by atoms with van der Waals surface area (Å²) in [5, 5.41) is 5.22. The van der Waals surface area contributed by atoms with Crippen LogP contribution in [0.4, 0.5) is 5.69 Å². The summed E-state index contributed by atoms with van der Waals surface area (Å²) in [5.41, 5.74) is 3.17. The van der Waals surface area contributed by atoms with Crippen molar-refractivity contribution in [3.05, 3.63) is 50.1 Å². The number of halogens is 1. The Balaban J connectivity index is 2.00. The van der Waals surface area contributed by atoms with Gasteiger partial charge >= 0.3 is 0 Å². The van der Waals surface area contributed by atoms with Crippen molar-refractivity contribution >= 4 is 38.7 Å². The van der Waals surface area contributed by atoms with Crippen molar-refractivity contribution in [2.45, 2.75) is 6.42 Å². The second kappa shape index (κ2) is 4.27. The van der Waals surface area contributed by atoms with Crippen LogP contribution in [0.3, 0.4) is 0 Å². The first-order valence-corrected chi connectivity index (χ1v) is 7.07. The second-order valence-electron chi connectivity index (χ2n) is 3.98. The first-order valence-electron chi connectivity index (χ1n) is 5.40. The number of fused-ring (bicyclic) bond motifs is 1. The van der Waals surface area contributed by atoms with Gasteiger partial charge in [-0.3, -0.25) is 4.79 Å². The van der Waals surface area contributed by atoms with Crippen LogP contribution in [0.15, 0.2) is 34.1 Å². The zero-order chi connectivity index (χ0) is 11.8.